The Morgan fingerprint density at radius 3 is 2.46 bits per heavy atom. The molecule has 1 atom stereocenters. The van der Waals surface area contributed by atoms with E-state index in [1.54, 1.807) is 30.3 Å². The minimum Gasteiger partial charge on any atom is -0.478 e. The zero-order chi connectivity index (χ0) is 19.3. The van der Waals surface area contributed by atoms with E-state index in [0.717, 1.165) is 6.07 Å². The van der Waals surface area contributed by atoms with Gasteiger partial charge in [-0.25, -0.2) is 18.4 Å². The number of primary sulfonamides is 1. The number of anilines is 1. The van der Waals surface area contributed by atoms with E-state index in [0.29, 0.717) is 18.7 Å². The van der Waals surface area contributed by atoms with Crippen molar-refractivity contribution in [1.82, 2.24) is 0 Å². The van der Waals surface area contributed by atoms with Crippen LogP contribution in [0.2, 0.25) is 0 Å². The average Bonchev–Trinajstić information content (AvgIpc) is 2.60. The first-order valence-electron chi connectivity index (χ1n) is 7.89. The van der Waals surface area contributed by atoms with Crippen LogP contribution in [-0.4, -0.2) is 32.1 Å². The van der Waals surface area contributed by atoms with Crippen molar-refractivity contribution in [2.45, 2.75) is 24.3 Å². The van der Waals surface area contributed by atoms with Gasteiger partial charge < -0.3 is 20.9 Å². The van der Waals surface area contributed by atoms with Gasteiger partial charge in [0.15, 0.2) is 5.75 Å². The molecular weight excluding hydrogens is 358 g/mol. The number of hydrogen-bond acceptors (Lipinski definition) is 6. The van der Waals surface area contributed by atoms with Crippen LogP contribution in [0.15, 0.2) is 47.4 Å². The summed E-state index contributed by atoms with van der Waals surface area (Å²) in [5, 5.41) is 17.5. The van der Waals surface area contributed by atoms with E-state index in [1.807, 2.05) is 6.92 Å². The van der Waals surface area contributed by atoms with Crippen molar-refractivity contribution in [2.24, 2.45) is 10.9 Å². The Labute approximate surface area is 151 Å². The average molecular weight is 379 g/mol. The standard InChI is InChI=1S/C17H21N3O5S/c1-2-12(18)10-20-14-8-11(17(21)22)9-15(26(19,23)24)16(14)25-13-6-4-3-5-7-13/h3-9,12,20H,2,10,18H2,1H3,(H,21,22)(H2,19,23,24). The number of aromatic carboxylic acids is 1. The minimum atomic E-state index is -4.24. The molecule has 140 valence electrons. The maximum absolute atomic E-state index is 12.0. The van der Waals surface area contributed by atoms with Gasteiger partial charge in [-0.2, -0.15) is 0 Å². The largest absolute Gasteiger partial charge is 0.478 e. The second-order valence-corrected chi connectivity index (χ2v) is 7.20. The zero-order valence-electron chi connectivity index (χ0n) is 14.2. The van der Waals surface area contributed by atoms with Crippen LogP contribution in [0.3, 0.4) is 0 Å². The molecule has 0 aromatic heterocycles. The fourth-order valence-electron chi connectivity index (χ4n) is 2.17. The second kappa shape index (κ2) is 8.17. The van der Waals surface area contributed by atoms with E-state index in [-0.39, 0.29) is 23.0 Å². The number of nitrogens with two attached hydrogens (primary N) is 2. The van der Waals surface area contributed by atoms with Gasteiger partial charge in [0.05, 0.1) is 11.3 Å². The minimum absolute atomic E-state index is 0.0768. The maximum atomic E-state index is 12.0. The molecule has 2 aromatic rings. The van der Waals surface area contributed by atoms with Gasteiger partial charge in [-0.05, 0) is 30.7 Å². The number of nitrogens with one attached hydrogen (secondary N) is 1. The van der Waals surface area contributed by atoms with E-state index < -0.39 is 20.9 Å². The highest BCUT2D eigenvalue weighted by Gasteiger charge is 2.23. The van der Waals surface area contributed by atoms with E-state index >= 15 is 0 Å². The number of ether oxygens (including phenoxy) is 1. The van der Waals surface area contributed by atoms with Gasteiger partial charge in [0, 0.05) is 12.6 Å². The molecule has 0 aliphatic heterocycles. The number of para-hydroxylation sites is 1. The van der Waals surface area contributed by atoms with Gasteiger partial charge >= 0.3 is 5.97 Å². The monoisotopic (exact) mass is 379 g/mol. The Kier molecular flexibility index (Phi) is 6.19. The molecule has 0 radical (unpaired) electrons. The molecule has 2 aromatic carbocycles. The van der Waals surface area contributed by atoms with Crippen LogP contribution in [0.1, 0.15) is 23.7 Å². The lowest BCUT2D eigenvalue weighted by molar-refractivity contribution is 0.0696. The fraction of sp³-hybridized carbons (Fsp3) is 0.235. The molecule has 0 amide bonds. The number of carboxylic acid groups (broad SMARTS) is 1. The van der Waals surface area contributed by atoms with Crippen LogP contribution in [0, 0.1) is 0 Å². The molecule has 2 rings (SSSR count). The van der Waals surface area contributed by atoms with Gasteiger partial charge in [0.2, 0.25) is 10.0 Å². The lowest BCUT2D eigenvalue weighted by Crippen LogP contribution is -2.28. The van der Waals surface area contributed by atoms with Crippen LogP contribution in [0.25, 0.3) is 0 Å². The van der Waals surface area contributed by atoms with Gasteiger partial charge in [-0.3, -0.25) is 0 Å². The SMILES string of the molecule is CCC(N)CNc1cc(C(=O)O)cc(S(N)(=O)=O)c1Oc1ccccc1. The third-order valence-electron chi connectivity index (χ3n) is 3.65. The summed E-state index contributed by atoms with van der Waals surface area (Å²) in [6.07, 6.45) is 0.683. The Hall–Kier alpha value is -2.62. The highest BCUT2D eigenvalue weighted by Crippen LogP contribution is 2.37. The van der Waals surface area contributed by atoms with Gasteiger partial charge in [0.25, 0.3) is 0 Å². The van der Waals surface area contributed by atoms with Crippen molar-refractivity contribution in [3.8, 4) is 11.5 Å². The third-order valence-corrected chi connectivity index (χ3v) is 4.57. The summed E-state index contributed by atoms with van der Waals surface area (Å²) in [6.45, 7) is 2.20. The summed E-state index contributed by atoms with van der Waals surface area (Å²) in [7, 11) is -4.24. The smallest absolute Gasteiger partial charge is 0.335 e. The highest BCUT2D eigenvalue weighted by molar-refractivity contribution is 7.89. The molecule has 0 aliphatic carbocycles. The number of rotatable bonds is 8. The summed E-state index contributed by atoms with van der Waals surface area (Å²) in [5.74, 6) is -0.987. The van der Waals surface area contributed by atoms with Crippen LogP contribution in [0.5, 0.6) is 11.5 Å². The molecule has 0 aliphatic rings. The Bertz CT molecular complexity index is 885. The summed E-state index contributed by atoms with van der Waals surface area (Å²) < 4.78 is 29.7. The van der Waals surface area contributed by atoms with Crippen molar-refractivity contribution in [1.29, 1.82) is 0 Å². The molecule has 0 spiro atoms. The van der Waals surface area contributed by atoms with E-state index in [1.165, 1.54) is 6.07 Å². The number of benzene rings is 2. The van der Waals surface area contributed by atoms with Crippen LogP contribution in [0.4, 0.5) is 5.69 Å². The first-order chi connectivity index (χ1) is 12.2. The van der Waals surface area contributed by atoms with Crippen molar-refractivity contribution >= 4 is 21.7 Å². The summed E-state index contributed by atoms with van der Waals surface area (Å²) >= 11 is 0. The molecule has 0 saturated carbocycles. The number of carbonyl (C=O) groups is 1. The normalized spacial score (nSPS) is 12.4. The first-order valence-corrected chi connectivity index (χ1v) is 9.43. The van der Waals surface area contributed by atoms with Gasteiger partial charge in [-0.1, -0.05) is 25.1 Å². The Morgan fingerprint density at radius 1 is 1.27 bits per heavy atom. The predicted octanol–water partition coefficient (Wildman–Crippen LogP) is 1.97. The van der Waals surface area contributed by atoms with Crippen LogP contribution < -0.4 is 20.9 Å². The second-order valence-electron chi connectivity index (χ2n) is 5.67. The molecule has 0 heterocycles. The fourth-order valence-corrected chi connectivity index (χ4v) is 2.87. The van der Waals surface area contributed by atoms with Gasteiger partial charge in [-0.15, -0.1) is 0 Å². The summed E-state index contributed by atoms with van der Waals surface area (Å²) in [4.78, 5) is 10.9. The van der Waals surface area contributed by atoms with Crippen LogP contribution in [-0.2, 0) is 10.0 Å². The van der Waals surface area contributed by atoms with Crippen molar-refractivity contribution in [2.75, 3.05) is 11.9 Å². The highest BCUT2D eigenvalue weighted by atomic mass is 32.2. The topological polar surface area (TPSA) is 145 Å². The van der Waals surface area contributed by atoms with E-state index in [9.17, 15) is 18.3 Å². The molecule has 0 fully saturated rings. The van der Waals surface area contributed by atoms with Crippen molar-refractivity contribution in [3.63, 3.8) is 0 Å². The lowest BCUT2D eigenvalue weighted by atomic mass is 10.1. The molecule has 26 heavy (non-hydrogen) atoms. The molecule has 0 bridgehead atoms. The first kappa shape index (κ1) is 19.7. The molecule has 6 N–H and O–H groups in total. The van der Waals surface area contributed by atoms with Crippen molar-refractivity contribution in [3.05, 3.63) is 48.0 Å². The predicted molar refractivity (Wildman–Crippen MR) is 98.0 cm³/mol. The van der Waals surface area contributed by atoms with Crippen molar-refractivity contribution < 1.29 is 23.1 Å². The summed E-state index contributed by atoms with van der Waals surface area (Å²) in [5.41, 5.74) is 5.83. The number of carboxylic acids is 1. The maximum Gasteiger partial charge on any atom is 0.335 e. The lowest BCUT2D eigenvalue weighted by Gasteiger charge is -2.18. The zero-order valence-corrected chi connectivity index (χ0v) is 15.0. The molecule has 1 unspecified atom stereocenters. The molecular formula is C17H21N3O5S. The Morgan fingerprint density at radius 2 is 1.92 bits per heavy atom. The van der Waals surface area contributed by atoms with E-state index in [4.69, 9.17) is 15.6 Å². The summed E-state index contributed by atoms with van der Waals surface area (Å²) in [6, 6.07) is 10.6. The number of sulfonamides is 1. The molecule has 8 nitrogen and oxygen atoms in total. The molecule has 0 saturated heterocycles. The molecule has 9 heteroatoms. The Balaban J connectivity index is 2.60. The number of hydrogen-bond donors (Lipinski definition) is 4. The van der Waals surface area contributed by atoms with E-state index in [2.05, 4.69) is 5.32 Å². The quantitative estimate of drug-likeness (QED) is 0.548. The van der Waals surface area contributed by atoms with Crippen LogP contribution >= 0.6 is 0 Å². The third kappa shape index (κ3) is 4.94. The van der Waals surface area contributed by atoms with Gasteiger partial charge in [0.1, 0.15) is 10.6 Å².